The van der Waals surface area contributed by atoms with E-state index in [1.165, 1.54) is 48.5 Å². The van der Waals surface area contributed by atoms with E-state index in [1.54, 1.807) is 0 Å². The van der Waals surface area contributed by atoms with Gasteiger partial charge in [0.05, 0.1) is 17.0 Å². The van der Waals surface area contributed by atoms with E-state index in [1.807, 2.05) is 0 Å². The molecule has 6 N–H and O–H groups in total. The normalized spacial score (nSPS) is 18.1. The van der Waals surface area contributed by atoms with Gasteiger partial charge in [-0.2, -0.15) is 0 Å². The smallest absolute Gasteiger partial charge is 0.335 e. The highest BCUT2D eigenvalue weighted by atomic mass is 16.5. The van der Waals surface area contributed by atoms with E-state index in [9.17, 15) is 30.0 Å². The molecule has 30 heavy (non-hydrogen) atoms. The Balaban J connectivity index is 1.89. The molecule has 1 unspecified atom stereocenters. The number of aromatic carboxylic acids is 2. The zero-order valence-corrected chi connectivity index (χ0v) is 15.7. The molecule has 0 amide bonds. The summed E-state index contributed by atoms with van der Waals surface area (Å²) in [5.74, 6) is -6.79. The van der Waals surface area contributed by atoms with Crippen LogP contribution >= 0.6 is 0 Å². The number of benzene rings is 2. The molecule has 8 heteroatoms. The molecule has 2 aromatic carbocycles. The van der Waals surface area contributed by atoms with Crippen molar-refractivity contribution in [1.82, 2.24) is 0 Å². The van der Waals surface area contributed by atoms with Gasteiger partial charge in [0.15, 0.2) is 5.79 Å². The third kappa shape index (κ3) is 4.35. The van der Waals surface area contributed by atoms with Gasteiger partial charge in [-0.15, -0.1) is 0 Å². The van der Waals surface area contributed by atoms with E-state index in [4.69, 9.17) is 10.2 Å². The quantitative estimate of drug-likeness (QED) is 0.395. The lowest BCUT2D eigenvalue weighted by molar-refractivity contribution is -0.160. The molecule has 0 radical (unpaired) electrons. The van der Waals surface area contributed by atoms with Crippen molar-refractivity contribution in [2.75, 3.05) is 0 Å². The van der Waals surface area contributed by atoms with Crippen molar-refractivity contribution in [3.63, 3.8) is 0 Å². The van der Waals surface area contributed by atoms with E-state index >= 15 is 0 Å². The van der Waals surface area contributed by atoms with Crippen LogP contribution in [0.15, 0.2) is 71.7 Å². The Morgan fingerprint density at radius 1 is 0.800 bits per heavy atom. The number of hydrogen-bond acceptors (Lipinski definition) is 6. The second-order valence-corrected chi connectivity index (χ2v) is 7.11. The maximum atomic E-state index is 11.0. The van der Waals surface area contributed by atoms with E-state index < -0.39 is 35.2 Å². The van der Waals surface area contributed by atoms with Crippen molar-refractivity contribution in [3.05, 3.63) is 94.0 Å². The lowest BCUT2D eigenvalue weighted by Gasteiger charge is -2.33. The highest BCUT2D eigenvalue weighted by Crippen LogP contribution is 2.37. The van der Waals surface area contributed by atoms with Gasteiger partial charge in [-0.3, -0.25) is 0 Å². The predicted molar refractivity (Wildman–Crippen MR) is 105 cm³/mol. The second kappa shape index (κ2) is 8.02. The number of aliphatic hydroxyl groups excluding tert-OH is 2. The van der Waals surface area contributed by atoms with Crippen LogP contribution in [-0.4, -0.2) is 48.4 Å². The molecule has 0 aromatic heterocycles. The molecule has 0 saturated carbocycles. The van der Waals surface area contributed by atoms with Crippen LogP contribution in [0, 0.1) is 5.92 Å². The van der Waals surface area contributed by atoms with Crippen molar-refractivity contribution in [1.29, 1.82) is 0 Å². The molecule has 0 fully saturated rings. The number of aliphatic hydroxyl groups is 4. The van der Waals surface area contributed by atoms with Crippen LogP contribution in [0.2, 0.25) is 0 Å². The average molecular weight is 412 g/mol. The van der Waals surface area contributed by atoms with Crippen molar-refractivity contribution in [2.45, 2.75) is 18.6 Å². The molecule has 1 aliphatic rings. The maximum absolute atomic E-state index is 11.0. The molecule has 156 valence electrons. The van der Waals surface area contributed by atoms with Gasteiger partial charge < -0.3 is 30.6 Å². The van der Waals surface area contributed by atoms with E-state index in [0.29, 0.717) is 11.1 Å². The SMILES string of the molecule is O=C(O)c1ccc(CC2=C(O)C(Cc3ccc(C(=O)O)cc3)C(O)(O)C=C2O)cc1. The molecular formula is C22H20O8. The standard InChI is InChI=1S/C22H20O8/c23-18-11-22(29,30)17(10-13-3-7-15(8-4-13)21(27)28)19(24)16(18)9-12-1-5-14(6-2-12)20(25)26/h1-8,11,17,23-24,29-30H,9-10H2,(H,25,26)(H,27,28). The highest BCUT2D eigenvalue weighted by molar-refractivity contribution is 5.88. The topological polar surface area (TPSA) is 156 Å². The summed E-state index contributed by atoms with van der Waals surface area (Å²) in [6.07, 6.45) is 0.854. The summed E-state index contributed by atoms with van der Waals surface area (Å²) < 4.78 is 0. The van der Waals surface area contributed by atoms with Gasteiger partial charge in [-0.25, -0.2) is 9.59 Å². The van der Waals surface area contributed by atoms with E-state index in [0.717, 1.165) is 6.08 Å². The largest absolute Gasteiger partial charge is 0.511 e. The lowest BCUT2D eigenvalue weighted by atomic mass is 9.81. The number of hydrogen-bond donors (Lipinski definition) is 6. The minimum Gasteiger partial charge on any atom is -0.511 e. The van der Waals surface area contributed by atoms with Gasteiger partial charge in [0, 0.05) is 18.1 Å². The zero-order valence-electron chi connectivity index (χ0n) is 15.7. The van der Waals surface area contributed by atoms with E-state index in [-0.39, 0.29) is 29.5 Å². The summed E-state index contributed by atoms with van der Waals surface area (Å²) in [6, 6.07) is 11.6. The first kappa shape index (κ1) is 21.1. The highest BCUT2D eigenvalue weighted by Gasteiger charge is 2.41. The fourth-order valence-corrected chi connectivity index (χ4v) is 3.35. The molecule has 0 aliphatic heterocycles. The van der Waals surface area contributed by atoms with Gasteiger partial charge in [0.25, 0.3) is 0 Å². The van der Waals surface area contributed by atoms with Crippen LogP contribution in [0.25, 0.3) is 0 Å². The minimum absolute atomic E-state index is 0.0238. The Bertz CT molecular complexity index is 1030. The summed E-state index contributed by atoms with van der Waals surface area (Å²) in [4.78, 5) is 21.9. The number of allylic oxidation sites excluding steroid dienone is 1. The summed E-state index contributed by atoms with van der Waals surface area (Å²) in [6.45, 7) is 0. The van der Waals surface area contributed by atoms with Crippen LogP contribution in [-0.2, 0) is 12.8 Å². The van der Waals surface area contributed by atoms with Gasteiger partial charge in [-0.05, 0) is 41.8 Å². The average Bonchev–Trinajstić information content (AvgIpc) is 2.69. The van der Waals surface area contributed by atoms with Crippen LogP contribution in [0.4, 0.5) is 0 Å². The molecule has 1 aliphatic carbocycles. The molecule has 1 atom stereocenters. The Kier molecular flexibility index (Phi) is 5.64. The van der Waals surface area contributed by atoms with Crippen LogP contribution < -0.4 is 0 Å². The zero-order chi connectivity index (χ0) is 22.1. The molecule has 8 nitrogen and oxygen atoms in total. The third-order valence-corrected chi connectivity index (χ3v) is 5.03. The first-order valence-corrected chi connectivity index (χ1v) is 9.02. The molecular weight excluding hydrogens is 392 g/mol. The molecule has 3 rings (SSSR count). The summed E-state index contributed by atoms with van der Waals surface area (Å²) in [5, 5.41) is 59.5. The Labute approximate surface area is 171 Å². The van der Waals surface area contributed by atoms with Crippen molar-refractivity contribution < 1.29 is 40.2 Å². The van der Waals surface area contributed by atoms with Crippen LogP contribution in [0.1, 0.15) is 31.8 Å². The van der Waals surface area contributed by atoms with E-state index in [2.05, 4.69) is 0 Å². The molecule has 0 bridgehead atoms. The first-order chi connectivity index (χ1) is 14.1. The van der Waals surface area contributed by atoms with Crippen LogP contribution in [0.5, 0.6) is 0 Å². The van der Waals surface area contributed by atoms with Crippen molar-refractivity contribution >= 4 is 11.9 Å². The second-order valence-electron chi connectivity index (χ2n) is 7.11. The number of carboxylic acid groups (broad SMARTS) is 2. The predicted octanol–water partition coefficient (Wildman–Crippen LogP) is 2.43. The summed E-state index contributed by atoms with van der Waals surface area (Å²) in [5.41, 5.74) is 1.42. The number of carbonyl (C=O) groups is 2. The molecule has 0 saturated heterocycles. The fourth-order valence-electron chi connectivity index (χ4n) is 3.35. The van der Waals surface area contributed by atoms with Gasteiger partial charge in [0.1, 0.15) is 11.5 Å². The lowest BCUT2D eigenvalue weighted by Crippen LogP contribution is -2.41. The Morgan fingerprint density at radius 2 is 1.27 bits per heavy atom. The summed E-state index contributed by atoms with van der Waals surface area (Å²) >= 11 is 0. The molecule has 2 aromatic rings. The number of rotatable bonds is 6. The summed E-state index contributed by atoms with van der Waals surface area (Å²) in [7, 11) is 0. The third-order valence-electron chi connectivity index (χ3n) is 5.03. The monoisotopic (exact) mass is 412 g/mol. The maximum Gasteiger partial charge on any atom is 0.335 e. The molecule has 0 heterocycles. The van der Waals surface area contributed by atoms with Gasteiger partial charge in [-0.1, -0.05) is 24.3 Å². The Morgan fingerprint density at radius 3 is 1.73 bits per heavy atom. The number of carboxylic acids is 2. The van der Waals surface area contributed by atoms with Crippen molar-refractivity contribution in [2.24, 2.45) is 5.92 Å². The van der Waals surface area contributed by atoms with Gasteiger partial charge in [0.2, 0.25) is 0 Å². The molecule has 0 spiro atoms. The Hall–Kier alpha value is -3.62. The van der Waals surface area contributed by atoms with Crippen LogP contribution in [0.3, 0.4) is 0 Å². The fraction of sp³-hybridized carbons (Fsp3) is 0.182. The van der Waals surface area contributed by atoms with Crippen molar-refractivity contribution in [3.8, 4) is 0 Å². The first-order valence-electron chi connectivity index (χ1n) is 9.02. The minimum atomic E-state index is -2.52. The van der Waals surface area contributed by atoms with Gasteiger partial charge >= 0.3 is 11.9 Å².